The van der Waals surface area contributed by atoms with Crippen LogP contribution < -0.4 is 10.4 Å². The average molecular weight is 300 g/mol. The quantitative estimate of drug-likeness (QED) is 0.595. The van der Waals surface area contributed by atoms with Crippen molar-refractivity contribution in [3.05, 3.63) is 89.3 Å². The van der Waals surface area contributed by atoms with Crippen molar-refractivity contribution in [1.82, 2.24) is 0 Å². The minimum Gasteiger partial charge on any atom is -0.249 e. The standard InChI is InChI=1S/C21H20N2/c1-17-11-7-8-12-19(17)13-9-10-16-21(22-3)23-18(2)20-14-5-4-6-15-20/h4-15H,1-3,16H2/b10-9-,19-13-,23-21-. The molecule has 0 spiro atoms. The minimum atomic E-state index is 0.602. The van der Waals surface area contributed by atoms with E-state index in [0.29, 0.717) is 18.0 Å². The van der Waals surface area contributed by atoms with E-state index in [9.17, 15) is 0 Å². The van der Waals surface area contributed by atoms with E-state index in [4.69, 9.17) is 0 Å². The van der Waals surface area contributed by atoms with Crippen LogP contribution in [0.3, 0.4) is 0 Å². The lowest BCUT2D eigenvalue weighted by atomic mass is 10.2. The molecule has 23 heavy (non-hydrogen) atoms. The average Bonchev–Trinajstić information content (AvgIpc) is 2.59. The Morgan fingerprint density at radius 3 is 2.39 bits per heavy atom. The van der Waals surface area contributed by atoms with E-state index >= 15 is 0 Å². The maximum atomic E-state index is 4.44. The Bertz CT molecular complexity index is 843. The van der Waals surface area contributed by atoms with Gasteiger partial charge in [0.2, 0.25) is 0 Å². The Balaban J connectivity index is 2.07. The lowest BCUT2D eigenvalue weighted by molar-refractivity contribution is 1.36. The molecule has 2 rings (SSSR count). The van der Waals surface area contributed by atoms with E-state index in [-0.39, 0.29) is 0 Å². The number of allylic oxidation sites excluding steroid dienone is 1. The first-order valence-corrected chi connectivity index (χ1v) is 7.40. The van der Waals surface area contributed by atoms with Crippen LogP contribution in [0.5, 0.6) is 0 Å². The number of aliphatic imine (C=N–C) groups is 2. The summed E-state index contributed by atoms with van der Waals surface area (Å²) in [5, 5.41) is 2.10. The van der Waals surface area contributed by atoms with Crippen LogP contribution in [0.15, 0.2) is 83.3 Å². The molecule has 0 aromatic heterocycles. The van der Waals surface area contributed by atoms with Crippen molar-refractivity contribution in [3.63, 3.8) is 0 Å². The summed E-state index contributed by atoms with van der Waals surface area (Å²) in [5.41, 5.74) is 1.67. The summed E-state index contributed by atoms with van der Waals surface area (Å²) in [6, 6.07) is 17.8. The number of nitrogens with zero attached hydrogens (tertiary/aromatic N) is 2. The van der Waals surface area contributed by atoms with Crippen molar-refractivity contribution >= 4 is 30.9 Å². The number of benzene rings is 2. The van der Waals surface area contributed by atoms with Gasteiger partial charge in [0.15, 0.2) is 0 Å². The van der Waals surface area contributed by atoms with Gasteiger partial charge in [-0.2, -0.15) is 0 Å². The second kappa shape index (κ2) is 8.44. The Kier molecular flexibility index (Phi) is 6.01. The molecule has 0 bridgehead atoms. The number of hydrogen-bond acceptors (Lipinski definition) is 1. The molecule has 0 radical (unpaired) electrons. The lowest BCUT2D eigenvalue weighted by Crippen LogP contribution is -2.21. The van der Waals surface area contributed by atoms with E-state index in [1.807, 2.05) is 72.8 Å². The fourth-order valence-electron chi connectivity index (χ4n) is 2.04. The fourth-order valence-corrected chi connectivity index (χ4v) is 2.04. The first-order chi connectivity index (χ1) is 11.2. The van der Waals surface area contributed by atoms with Crippen molar-refractivity contribution < 1.29 is 0 Å². The molecule has 114 valence electrons. The van der Waals surface area contributed by atoms with E-state index in [0.717, 1.165) is 16.0 Å². The van der Waals surface area contributed by atoms with Gasteiger partial charge in [0.05, 0.1) is 5.70 Å². The van der Waals surface area contributed by atoms with Crippen molar-refractivity contribution in [2.24, 2.45) is 9.98 Å². The molecule has 0 saturated heterocycles. The molecule has 2 aromatic carbocycles. The number of rotatable bonds is 5. The predicted molar refractivity (Wildman–Crippen MR) is 102 cm³/mol. The summed E-state index contributed by atoms with van der Waals surface area (Å²) >= 11 is 0. The smallest absolute Gasteiger partial charge is 0.131 e. The topological polar surface area (TPSA) is 24.7 Å². The summed E-state index contributed by atoms with van der Waals surface area (Å²) in [6.07, 6.45) is 6.61. The Hall–Kier alpha value is -3.00. The van der Waals surface area contributed by atoms with Crippen molar-refractivity contribution in [2.45, 2.75) is 6.42 Å². The van der Waals surface area contributed by atoms with Gasteiger partial charge in [-0.3, -0.25) is 0 Å². The molecular weight excluding hydrogens is 280 g/mol. The first kappa shape index (κ1) is 16.4. The van der Waals surface area contributed by atoms with E-state index in [1.54, 1.807) is 0 Å². The molecule has 0 atom stereocenters. The highest BCUT2D eigenvalue weighted by Gasteiger charge is 1.98. The largest absolute Gasteiger partial charge is 0.249 e. The van der Waals surface area contributed by atoms with Gasteiger partial charge in [0, 0.05) is 6.42 Å². The maximum absolute atomic E-state index is 4.44. The SMILES string of the molecule is C=N/C(C/C=C\C=c1\ccccc1=C)=N\C(=C)c1ccccc1. The molecule has 0 unspecified atom stereocenters. The Labute approximate surface area is 137 Å². The molecule has 0 fully saturated rings. The molecule has 2 aromatic rings. The van der Waals surface area contributed by atoms with E-state index in [1.165, 1.54) is 0 Å². The normalized spacial score (nSPS) is 12.5. The van der Waals surface area contributed by atoms with E-state index < -0.39 is 0 Å². The van der Waals surface area contributed by atoms with Gasteiger partial charge in [-0.05, 0) is 22.7 Å². The van der Waals surface area contributed by atoms with Crippen LogP contribution in [0.4, 0.5) is 0 Å². The second-order valence-corrected chi connectivity index (χ2v) is 5.00. The number of hydrogen-bond donors (Lipinski definition) is 0. The van der Waals surface area contributed by atoms with Crippen LogP contribution >= 0.6 is 0 Å². The molecule has 2 nitrogen and oxygen atoms in total. The second-order valence-electron chi connectivity index (χ2n) is 5.00. The van der Waals surface area contributed by atoms with Crippen LogP contribution in [0.1, 0.15) is 12.0 Å². The molecule has 0 aliphatic rings. The van der Waals surface area contributed by atoms with Crippen molar-refractivity contribution in [2.75, 3.05) is 0 Å². The van der Waals surface area contributed by atoms with Crippen molar-refractivity contribution in [1.29, 1.82) is 0 Å². The van der Waals surface area contributed by atoms with Crippen LogP contribution in [-0.2, 0) is 0 Å². The first-order valence-electron chi connectivity index (χ1n) is 7.40. The van der Waals surface area contributed by atoms with Gasteiger partial charge in [-0.1, -0.05) is 86.0 Å². The molecule has 0 heterocycles. The monoisotopic (exact) mass is 300 g/mol. The summed E-state index contributed by atoms with van der Waals surface area (Å²) in [5.74, 6) is 0.645. The molecule has 0 aliphatic carbocycles. The van der Waals surface area contributed by atoms with Gasteiger partial charge < -0.3 is 0 Å². The highest BCUT2D eigenvalue weighted by molar-refractivity contribution is 5.91. The molecule has 0 amide bonds. The molecular formula is C21H20N2. The van der Waals surface area contributed by atoms with Crippen LogP contribution in [0.25, 0.3) is 18.4 Å². The summed E-state index contributed by atoms with van der Waals surface area (Å²) in [7, 11) is 0. The third-order valence-electron chi connectivity index (χ3n) is 3.32. The minimum absolute atomic E-state index is 0.602. The van der Waals surface area contributed by atoms with Crippen LogP contribution in [0, 0.1) is 0 Å². The Morgan fingerprint density at radius 2 is 1.70 bits per heavy atom. The highest BCUT2D eigenvalue weighted by Crippen LogP contribution is 2.13. The molecule has 0 saturated carbocycles. The zero-order valence-corrected chi connectivity index (χ0v) is 13.2. The van der Waals surface area contributed by atoms with Crippen molar-refractivity contribution in [3.8, 4) is 0 Å². The van der Waals surface area contributed by atoms with Gasteiger partial charge in [-0.15, -0.1) is 0 Å². The van der Waals surface area contributed by atoms with Crippen LogP contribution in [-0.4, -0.2) is 12.6 Å². The summed E-state index contributed by atoms with van der Waals surface area (Å²) < 4.78 is 0. The summed E-state index contributed by atoms with van der Waals surface area (Å²) in [4.78, 5) is 8.42. The maximum Gasteiger partial charge on any atom is 0.131 e. The third-order valence-corrected chi connectivity index (χ3v) is 3.32. The third kappa shape index (κ3) is 5.04. The molecule has 0 N–H and O–H groups in total. The zero-order chi connectivity index (χ0) is 16.5. The lowest BCUT2D eigenvalue weighted by Gasteiger charge is -2.01. The van der Waals surface area contributed by atoms with Gasteiger partial charge in [-0.25, -0.2) is 9.98 Å². The van der Waals surface area contributed by atoms with E-state index in [2.05, 4.69) is 29.9 Å². The Morgan fingerprint density at radius 1 is 1.00 bits per heavy atom. The van der Waals surface area contributed by atoms with Gasteiger partial charge >= 0.3 is 0 Å². The van der Waals surface area contributed by atoms with Crippen LogP contribution in [0.2, 0.25) is 0 Å². The highest BCUT2D eigenvalue weighted by atomic mass is 14.9. The molecule has 0 aliphatic heterocycles. The zero-order valence-electron chi connectivity index (χ0n) is 13.2. The molecule has 2 heteroatoms. The van der Waals surface area contributed by atoms with Gasteiger partial charge in [0.1, 0.15) is 5.84 Å². The fraction of sp³-hybridized carbons (Fsp3) is 0.0476. The van der Waals surface area contributed by atoms with Gasteiger partial charge in [0.25, 0.3) is 0 Å². The summed E-state index contributed by atoms with van der Waals surface area (Å²) in [6.45, 7) is 11.6. The number of amidine groups is 1. The predicted octanol–water partition coefficient (Wildman–Crippen LogP) is 3.59.